The van der Waals surface area contributed by atoms with Crippen LogP contribution in [0.15, 0.2) is 0 Å². The van der Waals surface area contributed by atoms with Crippen molar-refractivity contribution in [3.8, 4) is 0 Å². The van der Waals surface area contributed by atoms with Gasteiger partial charge in [-0.3, -0.25) is 4.90 Å². The third kappa shape index (κ3) is 2.64. The maximum absolute atomic E-state index is 5.64. The molecule has 0 radical (unpaired) electrons. The smallest absolute Gasteiger partial charge is 0.0190 e. The van der Waals surface area contributed by atoms with Crippen LogP contribution >= 0.6 is 11.8 Å². The van der Waals surface area contributed by atoms with E-state index in [1.54, 1.807) is 0 Å². The lowest BCUT2D eigenvalue weighted by Crippen LogP contribution is -2.46. The molecule has 12 heavy (non-hydrogen) atoms. The second kappa shape index (κ2) is 5.10. The second-order valence-electron chi connectivity index (χ2n) is 3.48. The molecule has 72 valence electrons. The van der Waals surface area contributed by atoms with Crippen molar-refractivity contribution < 1.29 is 0 Å². The fraction of sp³-hybridized carbons (Fsp3) is 1.00. The second-order valence-corrected chi connectivity index (χ2v) is 4.89. The fourth-order valence-corrected chi connectivity index (χ4v) is 2.74. The predicted octanol–water partition coefficient (Wildman–Crippen LogP) is 1.16. The zero-order valence-corrected chi connectivity index (χ0v) is 8.94. The summed E-state index contributed by atoms with van der Waals surface area (Å²) in [6, 6.07) is 0.569. The molecule has 0 bridgehead atoms. The molecule has 0 aromatic rings. The lowest BCUT2D eigenvalue weighted by molar-refractivity contribution is 0.219. The minimum Gasteiger partial charge on any atom is -0.329 e. The van der Waals surface area contributed by atoms with E-state index < -0.39 is 0 Å². The van der Waals surface area contributed by atoms with E-state index in [1.807, 2.05) is 0 Å². The number of hydrogen-bond donors (Lipinski definition) is 1. The molecule has 2 atom stereocenters. The summed E-state index contributed by atoms with van der Waals surface area (Å²) < 4.78 is 0. The van der Waals surface area contributed by atoms with Gasteiger partial charge in [-0.1, -0.05) is 6.92 Å². The van der Waals surface area contributed by atoms with Gasteiger partial charge in [0.05, 0.1) is 0 Å². The number of hydrogen-bond acceptors (Lipinski definition) is 3. The van der Waals surface area contributed by atoms with Gasteiger partial charge >= 0.3 is 0 Å². The van der Waals surface area contributed by atoms with Gasteiger partial charge in [-0.05, 0) is 13.3 Å². The standard InChI is InChI=1S/C9H20N2S/c1-3-9-7-11(4-5-12-9)8(2)6-10/h8-9H,3-7,10H2,1-2H3. The van der Waals surface area contributed by atoms with Crippen LogP contribution in [0.3, 0.4) is 0 Å². The quantitative estimate of drug-likeness (QED) is 0.721. The average molecular weight is 188 g/mol. The first-order valence-electron chi connectivity index (χ1n) is 4.83. The number of rotatable bonds is 3. The van der Waals surface area contributed by atoms with Gasteiger partial charge in [0, 0.05) is 36.7 Å². The molecule has 1 rings (SSSR count). The van der Waals surface area contributed by atoms with Crippen molar-refractivity contribution in [1.82, 2.24) is 4.90 Å². The van der Waals surface area contributed by atoms with Gasteiger partial charge in [0.1, 0.15) is 0 Å². The van der Waals surface area contributed by atoms with Crippen LogP contribution in [0.5, 0.6) is 0 Å². The summed E-state index contributed by atoms with van der Waals surface area (Å²) in [6.07, 6.45) is 1.29. The van der Waals surface area contributed by atoms with Crippen LogP contribution < -0.4 is 5.73 Å². The summed E-state index contributed by atoms with van der Waals surface area (Å²) in [5.41, 5.74) is 5.64. The van der Waals surface area contributed by atoms with Crippen molar-refractivity contribution in [2.45, 2.75) is 31.6 Å². The van der Waals surface area contributed by atoms with E-state index >= 15 is 0 Å². The molecule has 2 nitrogen and oxygen atoms in total. The van der Waals surface area contributed by atoms with Gasteiger partial charge in [-0.2, -0.15) is 11.8 Å². The van der Waals surface area contributed by atoms with Crippen molar-refractivity contribution >= 4 is 11.8 Å². The van der Waals surface area contributed by atoms with E-state index in [2.05, 4.69) is 30.5 Å². The van der Waals surface area contributed by atoms with Crippen LogP contribution in [-0.4, -0.2) is 41.6 Å². The molecule has 3 heteroatoms. The van der Waals surface area contributed by atoms with E-state index in [0.717, 1.165) is 11.8 Å². The Labute approximate surface area is 79.9 Å². The molecule has 1 aliphatic heterocycles. The fourth-order valence-electron chi connectivity index (χ4n) is 1.54. The minimum absolute atomic E-state index is 0.569. The van der Waals surface area contributed by atoms with Crippen molar-refractivity contribution in [2.75, 3.05) is 25.4 Å². The highest BCUT2D eigenvalue weighted by Crippen LogP contribution is 2.21. The number of thioether (sulfide) groups is 1. The SMILES string of the molecule is CCC1CN(C(C)CN)CCS1. The van der Waals surface area contributed by atoms with Gasteiger partial charge in [0.25, 0.3) is 0 Å². The Morgan fingerprint density at radius 1 is 1.67 bits per heavy atom. The Balaban J connectivity index is 2.34. The third-order valence-electron chi connectivity index (χ3n) is 2.59. The lowest BCUT2D eigenvalue weighted by atomic mass is 10.2. The van der Waals surface area contributed by atoms with Crippen LogP contribution in [0.4, 0.5) is 0 Å². The molecule has 0 spiro atoms. The third-order valence-corrected chi connectivity index (χ3v) is 3.96. The summed E-state index contributed by atoms with van der Waals surface area (Å²) in [4.78, 5) is 2.52. The molecule has 1 heterocycles. The highest BCUT2D eigenvalue weighted by Gasteiger charge is 2.21. The summed E-state index contributed by atoms with van der Waals surface area (Å²) in [7, 11) is 0. The molecule has 0 aromatic carbocycles. The molecular weight excluding hydrogens is 168 g/mol. The van der Waals surface area contributed by atoms with Crippen molar-refractivity contribution in [3.63, 3.8) is 0 Å². The van der Waals surface area contributed by atoms with Gasteiger partial charge in [0.2, 0.25) is 0 Å². The average Bonchev–Trinajstić information content (AvgIpc) is 2.17. The van der Waals surface area contributed by atoms with Crippen LogP contribution in [0.25, 0.3) is 0 Å². The van der Waals surface area contributed by atoms with Crippen LogP contribution in [-0.2, 0) is 0 Å². The highest BCUT2D eigenvalue weighted by molar-refractivity contribution is 8.00. The molecule has 0 aromatic heterocycles. The molecule has 1 fully saturated rings. The van der Waals surface area contributed by atoms with E-state index in [-0.39, 0.29) is 0 Å². The number of nitrogens with zero attached hydrogens (tertiary/aromatic N) is 1. The molecule has 0 amide bonds. The van der Waals surface area contributed by atoms with Crippen LogP contribution in [0.1, 0.15) is 20.3 Å². The monoisotopic (exact) mass is 188 g/mol. The Bertz CT molecular complexity index is 128. The van der Waals surface area contributed by atoms with Crippen molar-refractivity contribution in [2.24, 2.45) is 5.73 Å². The Morgan fingerprint density at radius 2 is 2.42 bits per heavy atom. The molecule has 1 aliphatic rings. The van der Waals surface area contributed by atoms with Gasteiger partial charge in [-0.15, -0.1) is 0 Å². The van der Waals surface area contributed by atoms with Crippen molar-refractivity contribution in [3.05, 3.63) is 0 Å². The first-order chi connectivity index (χ1) is 5.77. The largest absolute Gasteiger partial charge is 0.329 e. The Kier molecular flexibility index (Phi) is 4.40. The molecule has 2 N–H and O–H groups in total. The summed E-state index contributed by atoms with van der Waals surface area (Å²) in [5, 5.41) is 0.841. The molecule has 1 saturated heterocycles. The van der Waals surface area contributed by atoms with Gasteiger partial charge in [0.15, 0.2) is 0 Å². The summed E-state index contributed by atoms with van der Waals surface area (Å²) in [6.45, 7) is 7.75. The maximum atomic E-state index is 5.64. The Hall–Kier alpha value is 0.270. The van der Waals surface area contributed by atoms with Crippen molar-refractivity contribution in [1.29, 1.82) is 0 Å². The zero-order valence-electron chi connectivity index (χ0n) is 8.12. The molecule has 2 unspecified atom stereocenters. The van der Waals surface area contributed by atoms with Gasteiger partial charge < -0.3 is 5.73 Å². The zero-order chi connectivity index (χ0) is 8.97. The predicted molar refractivity (Wildman–Crippen MR) is 56.6 cm³/mol. The van der Waals surface area contributed by atoms with Crippen LogP contribution in [0.2, 0.25) is 0 Å². The number of nitrogens with two attached hydrogens (primary N) is 1. The molecular formula is C9H20N2S. The topological polar surface area (TPSA) is 29.3 Å². The summed E-state index contributed by atoms with van der Waals surface area (Å²) >= 11 is 2.11. The molecule has 0 aliphatic carbocycles. The lowest BCUT2D eigenvalue weighted by Gasteiger charge is -2.35. The van der Waals surface area contributed by atoms with E-state index in [1.165, 1.54) is 25.3 Å². The first-order valence-corrected chi connectivity index (χ1v) is 5.88. The Morgan fingerprint density at radius 3 is 3.00 bits per heavy atom. The van der Waals surface area contributed by atoms with Gasteiger partial charge in [-0.25, -0.2) is 0 Å². The summed E-state index contributed by atoms with van der Waals surface area (Å²) in [5.74, 6) is 1.28. The van der Waals surface area contributed by atoms with E-state index in [4.69, 9.17) is 5.73 Å². The normalized spacial score (nSPS) is 28.8. The molecule has 0 saturated carbocycles. The maximum Gasteiger partial charge on any atom is 0.0190 e. The van der Waals surface area contributed by atoms with E-state index in [0.29, 0.717) is 6.04 Å². The first kappa shape index (κ1) is 10.4. The minimum atomic E-state index is 0.569. The van der Waals surface area contributed by atoms with Crippen LogP contribution in [0, 0.1) is 0 Å². The highest BCUT2D eigenvalue weighted by atomic mass is 32.2. The van der Waals surface area contributed by atoms with E-state index in [9.17, 15) is 0 Å².